The van der Waals surface area contributed by atoms with Crippen LogP contribution in [0, 0.1) is 0 Å². The maximum Gasteiger partial charge on any atom is 0.231 e. The smallest absolute Gasteiger partial charge is 0.231 e. The Kier molecular flexibility index (Phi) is 4.23. The van der Waals surface area contributed by atoms with Gasteiger partial charge in [-0.05, 0) is 37.3 Å². The van der Waals surface area contributed by atoms with E-state index >= 15 is 0 Å². The monoisotopic (exact) mass is 402 g/mol. The van der Waals surface area contributed by atoms with Crippen LogP contribution in [0.5, 0.6) is 17.2 Å². The van der Waals surface area contributed by atoms with Gasteiger partial charge in [-0.3, -0.25) is 4.79 Å². The van der Waals surface area contributed by atoms with Crippen LogP contribution in [0.3, 0.4) is 0 Å². The number of hydrogen-bond donors (Lipinski definition) is 0. The van der Waals surface area contributed by atoms with Crippen molar-refractivity contribution in [2.75, 3.05) is 13.4 Å². The molecule has 6 heteroatoms. The van der Waals surface area contributed by atoms with Gasteiger partial charge in [0.2, 0.25) is 5.78 Å². The fourth-order valence-electron chi connectivity index (χ4n) is 2.88. The van der Waals surface area contributed by atoms with Crippen molar-refractivity contribution < 1.29 is 23.7 Å². The molecule has 0 N–H and O–H groups in total. The van der Waals surface area contributed by atoms with Gasteiger partial charge in [-0.2, -0.15) is 0 Å². The predicted octanol–water partition coefficient (Wildman–Crippen LogP) is 4.33. The normalized spacial score (nSPS) is 16.9. The Morgan fingerprint density at radius 1 is 1.28 bits per heavy atom. The molecule has 0 amide bonds. The van der Waals surface area contributed by atoms with E-state index in [0.717, 1.165) is 15.6 Å². The second kappa shape index (κ2) is 6.54. The van der Waals surface area contributed by atoms with Crippen LogP contribution in [-0.4, -0.2) is 19.2 Å². The molecular weight excluding hydrogens is 388 g/mol. The molecule has 0 aliphatic carbocycles. The van der Waals surface area contributed by atoms with E-state index in [1.165, 1.54) is 0 Å². The molecule has 5 nitrogen and oxygen atoms in total. The van der Waals surface area contributed by atoms with E-state index in [4.69, 9.17) is 18.9 Å². The summed E-state index contributed by atoms with van der Waals surface area (Å²) in [5, 5.41) is 0. The SMILES string of the molecule is CCOc1ccc2c(c1)OC(=Cc1cc(Br)cc3c1OCOC3)C2=O. The summed E-state index contributed by atoms with van der Waals surface area (Å²) in [5.74, 6) is 2.01. The molecule has 128 valence electrons. The first-order valence-electron chi connectivity index (χ1n) is 7.90. The number of hydrogen-bond acceptors (Lipinski definition) is 5. The first-order chi connectivity index (χ1) is 12.2. The number of carbonyl (C=O) groups excluding carboxylic acids is 1. The molecular formula is C19H15BrO5. The second-order valence-corrected chi connectivity index (χ2v) is 6.54. The van der Waals surface area contributed by atoms with Gasteiger partial charge in [-0.15, -0.1) is 0 Å². The summed E-state index contributed by atoms with van der Waals surface area (Å²) in [6.45, 7) is 3.12. The van der Waals surface area contributed by atoms with Crippen molar-refractivity contribution in [2.45, 2.75) is 13.5 Å². The van der Waals surface area contributed by atoms with Crippen LogP contribution < -0.4 is 14.2 Å². The molecule has 2 aliphatic heterocycles. The average molecular weight is 403 g/mol. The summed E-state index contributed by atoms with van der Waals surface area (Å²) >= 11 is 3.48. The van der Waals surface area contributed by atoms with Crippen LogP contribution in [0.15, 0.2) is 40.6 Å². The highest BCUT2D eigenvalue weighted by atomic mass is 79.9. The Morgan fingerprint density at radius 3 is 3.00 bits per heavy atom. The molecule has 2 aliphatic rings. The summed E-state index contributed by atoms with van der Waals surface area (Å²) in [5.41, 5.74) is 2.23. The Balaban J connectivity index is 1.71. The summed E-state index contributed by atoms with van der Waals surface area (Å²) in [4.78, 5) is 12.6. The van der Waals surface area contributed by atoms with Crippen LogP contribution in [-0.2, 0) is 11.3 Å². The number of ether oxygens (including phenoxy) is 4. The van der Waals surface area contributed by atoms with Crippen molar-refractivity contribution in [3.05, 3.63) is 57.3 Å². The van der Waals surface area contributed by atoms with Crippen LogP contribution >= 0.6 is 15.9 Å². The summed E-state index contributed by atoms with van der Waals surface area (Å²) < 4.78 is 23.0. The van der Waals surface area contributed by atoms with E-state index < -0.39 is 0 Å². The molecule has 2 heterocycles. The predicted molar refractivity (Wildman–Crippen MR) is 95.0 cm³/mol. The van der Waals surface area contributed by atoms with E-state index in [9.17, 15) is 4.79 Å². The van der Waals surface area contributed by atoms with Crippen molar-refractivity contribution in [3.63, 3.8) is 0 Å². The molecule has 0 atom stereocenters. The van der Waals surface area contributed by atoms with Crippen LogP contribution in [0.2, 0.25) is 0 Å². The molecule has 0 radical (unpaired) electrons. The van der Waals surface area contributed by atoms with E-state index in [1.54, 1.807) is 24.3 Å². The van der Waals surface area contributed by atoms with E-state index in [1.807, 2.05) is 19.1 Å². The average Bonchev–Trinajstić information content (AvgIpc) is 2.90. The van der Waals surface area contributed by atoms with E-state index in [2.05, 4.69) is 15.9 Å². The Labute approximate surface area is 153 Å². The van der Waals surface area contributed by atoms with Crippen LogP contribution in [0.4, 0.5) is 0 Å². The molecule has 0 fully saturated rings. The third-order valence-electron chi connectivity index (χ3n) is 3.94. The van der Waals surface area contributed by atoms with Gasteiger partial charge < -0.3 is 18.9 Å². The summed E-state index contributed by atoms with van der Waals surface area (Å²) in [6.07, 6.45) is 1.71. The molecule has 0 saturated carbocycles. The van der Waals surface area contributed by atoms with E-state index in [0.29, 0.717) is 36.0 Å². The maximum absolute atomic E-state index is 12.6. The van der Waals surface area contributed by atoms with Crippen molar-refractivity contribution in [1.82, 2.24) is 0 Å². The van der Waals surface area contributed by atoms with Crippen molar-refractivity contribution in [3.8, 4) is 17.2 Å². The largest absolute Gasteiger partial charge is 0.494 e. The first-order valence-corrected chi connectivity index (χ1v) is 8.69. The number of Topliss-reactive ketones (excluding diaryl/α,β-unsaturated/α-hetero) is 1. The molecule has 0 saturated heterocycles. The Morgan fingerprint density at radius 2 is 2.16 bits per heavy atom. The number of carbonyl (C=O) groups is 1. The molecule has 0 bridgehead atoms. The minimum Gasteiger partial charge on any atom is -0.494 e. The molecule has 4 rings (SSSR count). The highest BCUT2D eigenvalue weighted by Crippen LogP contribution is 2.38. The van der Waals surface area contributed by atoms with Gasteiger partial charge in [0.15, 0.2) is 12.6 Å². The highest BCUT2D eigenvalue weighted by molar-refractivity contribution is 9.10. The summed E-state index contributed by atoms with van der Waals surface area (Å²) in [7, 11) is 0. The third-order valence-corrected chi connectivity index (χ3v) is 4.40. The lowest BCUT2D eigenvalue weighted by Crippen LogP contribution is -2.12. The zero-order chi connectivity index (χ0) is 17.4. The first kappa shape index (κ1) is 16.2. The van der Waals surface area contributed by atoms with Gasteiger partial charge in [-0.25, -0.2) is 0 Å². The standard InChI is InChI=1S/C19H15BrO5/c1-2-23-14-3-4-15-16(8-14)25-17(18(15)21)7-11-5-13(20)6-12-9-22-10-24-19(11)12/h3-8H,2,9-10H2,1H3. The molecule has 2 aromatic carbocycles. The van der Waals surface area contributed by atoms with Crippen molar-refractivity contribution in [1.29, 1.82) is 0 Å². The maximum atomic E-state index is 12.6. The molecule has 2 aromatic rings. The molecule has 0 unspecified atom stereocenters. The van der Waals surface area contributed by atoms with Gasteiger partial charge >= 0.3 is 0 Å². The number of allylic oxidation sites excluding steroid dienone is 1. The van der Waals surface area contributed by atoms with Crippen molar-refractivity contribution >= 4 is 27.8 Å². The molecule has 25 heavy (non-hydrogen) atoms. The second-order valence-electron chi connectivity index (χ2n) is 5.62. The van der Waals surface area contributed by atoms with Gasteiger partial charge in [0.1, 0.15) is 17.2 Å². The zero-order valence-electron chi connectivity index (χ0n) is 13.5. The summed E-state index contributed by atoms with van der Waals surface area (Å²) in [6, 6.07) is 9.07. The number of halogens is 1. The minimum absolute atomic E-state index is 0.154. The van der Waals surface area contributed by atoms with Crippen molar-refractivity contribution in [2.24, 2.45) is 0 Å². The van der Waals surface area contributed by atoms with Gasteiger partial charge in [0.05, 0.1) is 18.8 Å². The number of fused-ring (bicyclic) bond motifs is 2. The molecule has 0 aromatic heterocycles. The number of rotatable bonds is 3. The topological polar surface area (TPSA) is 54.0 Å². The van der Waals surface area contributed by atoms with Crippen LogP contribution in [0.25, 0.3) is 6.08 Å². The number of ketones is 1. The lowest BCUT2D eigenvalue weighted by atomic mass is 10.1. The number of benzene rings is 2. The fraction of sp³-hybridized carbons (Fsp3) is 0.211. The quantitative estimate of drug-likeness (QED) is 0.715. The van der Waals surface area contributed by atoms with Gasteiger partial charge in [0, 0.05) is 21.7 Å². The lowest BCUT2D eigenvalue weighted by Gasteiger charge is -2.20. The third kappa shape index (κ3) is 3.03. The lowest BCUT2D eigenvalue weighted by molar-refractivity contribution is -0.0165. The van der Waals surface area contributed by atoms with Gasteiger partial charge in [0.25, 0.3) is 0 Å². The Hall–Kier alpha value is -2.31. The van der Waals surface area contributed by atoms with Crippen LogP contribution in [0.1, 0.15) is 28.4 Å². The van der Waals surface area contributed by atoms with Gasteiger partial charge in [-0.1, -0.05) is 15.9 Å². The molecule has 0 spiro atoms. The minimum atomic E-state index is -0.154. The fourth-order valence-corrected chi connectivity index (χ4v) is 3.40. The zero-order valence-corrected chi connectivity index (χ0v) is 15.1. The van der Waals surface area contributed by atoms with E-state index in [-0.39, 0.29) is 18.3 Å². The highest BCUT2D eigenvalue weighted by Gasteiger charge is 2.28. The Bertz CT molecular complexity index is 888.